The zero-order valence-corrected chi connectivity index (χ0v) is 7.47. The van der Waals surface area contributed by atoms with Gasteiger partial charge in [0.25, 0.3) is 0 Å². The lowest BCUT2D eigenvalue weighted by Gasteiger charge is -2.45. The van der Waals surface area contributed by atoms with Crippen molar-refractivity contribution >= 4 is 22.9 Å². The summed E-state index contributed by atoms with van der Waals surface area (Å²) in [5.41, 5.74) is 0. The van der Waals surface area contributed by atoms with E-state index in [1.165, 1.54) is 25.9 Å². The van der Waals surface area contributed by atoms with Gasteiger partial charge in [-0.1, -0.05) is 0 Å². The summed E-state index contributed by atoms with van der Waals surface area (Å²) < 4.78 is 2.45. The Kier molecular flexibility index (Phi) is 1.67. The van der Waals surface area contributed by atoms with Gasteiger partial charge in [-0.25, -0.2) is 3.11 Å². The topological polar surface area (TPSA) is 15.3 Å². The lowest BCUT2D eigenvalue weighted by atomic mass is 9.85. The highest BCUT2D eigenvalue weighted by Gasteiger charge is 2.36. The Labute approximate surface area is 69.5 Å². The molecule has 9 heavy (non-hydrogen) atoms. The molecule has 1 aliphatic carbocycles. The minimum Gasteiger partial charge on any atom is -0.311 e. The van der Waals surface area contributed by atoms with Crippen molar-refractivity contribution in [2.24, 2.45) is 0 Å². The SMILES string of the molecule is IN1CCNC2CCC21. The first kappa shape index (κ1) is 6.37. The van der Waals surface area contributed by atoms with E-state index in [9.17, 15) is 0 Å². The summed E-state index contributed by atoms with van der Waals surface area (Å²) in [6.07, 6.45) is 2.80. The number of fused-ring (bicyclic) bond motifs is 1. The van der Waals surface area contributed by atoms with Crippen LogP contribution in [0.4, 0.5) is 0 Å². The maximum absolute atomic E-state index is 3.50. The Morgan fingerprint density at radius 1 is 1.44 bits per heavy atom. The minimum absolute atomic E-state index is 0.829. The standard InChI is InChI=1S/C6H11IN2/c7-9-4-3-8-5-1-2-6(5)9/h5-6,8H,1-4H2. The summed E-state index contributed by atoms with van der Waals surface area (Å²) in [6.45, 7) is 2.41. The van der Waals surface area contributed by atoms with Gasteiger partial charge in [-0.05, 0) is 12.8 Å². The monoisotopic (exact) mass is 238 g/mol. The lowest BCUT2D eigenvalue weighted by Crippen LogP contribution is -2.60. The van der Waals surface area contributed by atoms with Gasteiger partial charge in [0, 0.05) is 48.0 Å². The molecule has 2 atom stereocenters. The molecule has 0 radical (unpaired) electrons. The Balaban J connectivity index is 1.98. The first-order chi connectivity index (χ1) is 4.38. The lowest BCUT2D eigenvalue weighted by molar-refractivity contribution is 0.144. The summed E-state index contributed by atoms with van der Waals surface area (Å²) in [4.78, 5) is 0. The molecule has 52 valence electrons. The molecule has 0 aromatic carbocycles. The largest absolute Gasteiger partial charge is 0.311 e. The number of halogens is 1. The van der Waals surface area contributed by atoms with Crippen molar-refractivity contribution in [1.82, 2.24) is 8.43 Å². The van der Waals surface area contributed by atoms with Gasteiger partial charge in [0.05, 0.1) is 0 Å². The second-order valence-corrected chi connectivity index (χ2v) is 4.07. The molecule has 1 N–H and O–H groups in total. The molecule has 2 unspecified atom stereocenters. The normalized spacial score (nSPS) is 43.7. The Morgan fingerprint density at radius 3 is 2.78 bits per heavy atom. The molecule has 1 heterocycles. The van der Waals surface area contributed by atoms with Gasteiger partial charge in [0.1, 0.15) is 0 Å². The molecular formula is C6H11IN2. The van der Waals surface area contributed by atoms with Crippen LogP contribution >= 0.6 is 22.9 Å². The van der Waals surface area contributed by atoms with E-state index in [0.29, 0.717) is 0 Å². The van der Waals surface area contributed by atoms with Gasteiger partial charge < -0.3 is 5.32 Å². The average Bonchev–Trinajstić information content (AvgIpc) is 1.74. The van der Waals surface area contributed by atoms with E-state index in [1.54, 1.807) is 0 Å². The number of rotatable bonds is 0. The third kappa shape index (κ3) is 0.991. The molecule has 2 aliphatic rings. The molecule has 0 bridgehead atoms. The fourth-order valence-corrected chi connectivity index (χ4v) is 2.49. The van der Waals surface area contributed by atoms with Gasteiger partial charge in [-0.3, -0.25) is 0 Å². The second kappa shape index (κ2) is 2.36. The van der Waals surface area contributed by atoms with E-state index in [0.717, 1.165) is 12.1 Å². The molecule has 3 heteroatoms. The van der Waals surface area contributed by atoms with E-state index in [-0.39, 0.29) is 0 Å². The third-order valence-corrected chi connectivity index (χ3v) is 3.53. The molecule has 1 saturated carbocycles. The van der Waals surface area contributed by atoms with Crippen LogP contribution in [0.25, 0.3) is 0 Å². The van der Waals surface area contributed by atoms with Gasteiger partial charge in [-0.2, -0.15) is 0 Å². The summed E-state index contributed by atoms with van der Waals surface area (Å²) in [5.74, 6) is 0. The van der Waals surface area contributed by atoms with Crippen LogP contribution in [-0.4, -0.2) is 28.3 Å². The molecule has 2 fully saturated rings. The number of hydrogen-bond donors (Lipinski definition) is 1. The van der Waals surface area contributed by atoms with Crippen LogP contribution in [0, 0.1) is 0 Å². The molecule has 1 aliphatic heterocycles. The fraction of sp³-hybridized carbons (Fsp3) is 1.00. The predicted octanol–water partition coefficient (Wildman–Crippen LogP) is 0.773. The quantitative estimate of drug-likeness (QED) is 0.495. The Bertz CT molecular complexity index is 112. The molecular weight excluding hydrogens is 227 g/mol. The maximum atomic E-state index is 3.50. The van der Waals surface area contributed by atoms with E-state index < -0.39 is 0 Å². The number of hydrogen-bond acceptors (Lipinski definition) is 2. The zero-order valence-electron chi connectivity index (χ0n) is 5.31. The van der Waals surface area contributed by atoms with Gasteiger partial charge in [0.2, 0.25) is 0 Å². The van der Waals surface area contributed by atoms with Crippen LogP contribution in [-0.2, 0) is 0 Å². The van der Waals surface area contributed by atoms with E-state index in [4.69, 9.17) is 0 Å². The summed E-state index contributed by atoms with van der Waals surface area (Å²) >= 11 is 2.44. The van der Waals surface area contributed by atoms with Crippen molar-refractivity contribution in [2.45, 2.75) is 24.9 Å². The molecule has 2 nitrogen and oxygen atoms in total. The van der Waals surface area contributed by atoms with Crippen molar-refractivity contribution in [2.75, 3.05) is 13.1 Å². The van der Waals surface area contributed by atoms with Crippen molar-refractivity contribution < 1.29 is 0 Å². The van der Waals surface area contributed by atoms with Gasteiger partial charge >= 0.3 is 0 Å². The third-order valence-electron chi connectivity index (χ3n) is 2.33. The van der Waals surface area contributed by atoms with Crippen LogP contribution in [0.2, 0.25) is 0 Å². The van der Waals surface area contributed by atoms with Crippen molar-refractivity contribution in [1.29, 1.82) is 0 Å². The molecule has 0 spiro atoms. The predicted molar refractivity (Wildman–Crippen MR) is 45.5 cm³/mol. The highest BCUT2D eigenvalue weighted by molar-refractivity contribution is 14.1. The summed E-state index contributed by atoms with van der Waals surface area (Å²) in [5, 5.41) is 3.50. The molecule has 0 amide bonds. The second-order valence-electron chi connectivity index (χ2n) is 2.83. The molecule has 2 rings (SSSR count). The van der Waals surface area contributed by atoms with Gasteiger partial charge in [0.15, 0.2) is 0 Å². The highest BCUT2D eigenvalue weighted by Crippen LogP contribution is 2.29. The highest BCUT2D eigenvalue weighted by atomic mass is 127. The minimum atomic E-state index is 0.829. The average molecular weight is 238 g/mol. The van der Waals surface area contributed by atoms with Crippen molar-refractivity contribution in [3.05, 3.63) is 0 Å². The van der Waals surface area contributed by atoms with Crippen LogP contribution < -0.4 is 5.32 Å². The maximum Gasteiger partial charge on any atom is 0.0348 e. The number of nitrogens with zero attached hydrogens (tertiary/aromatic N) is 1. The van der Waals surface area contributed by atoms with Gasteiger partial charge in [-0.15, -0.1) is 0 Å². The number of piperazine rings is 1. The Morgan fingerprint density at radius 2 is 2.33 bits per heavy atom. The van der Waals surface area contributed by atoms with Crippen LogP contribution in [0.1, 0.15) is 12.8 Å². The molecule has 1 saturated heterocycles. The van der Waals surface area contributed by atoms with Crippen LogP contribution in [0.3, 0.4) is 0 Å². The molecule has 0 aromatic rings. The zero-order chi connectivity index (χ0) is 6.27. The summed E-state index contributed by atoms with van der Waals surface area (Å²) in [7, 11) is 0. The number of nitrogens with one attached hydrogen (secondary N) is 1. The summed E-state index contributed by atoms with van der Waals surface area (Å²) in [6, 6.07) is 1.69. The fourth-order valence-electron chi connectivity index (χ4n) is 1.58. The van der Waals surface area contributed by atoms with E-state index in [1.807, 2.05) is 0 Å². The van der Waals surface area contributed by atoms with Crippen LogP contribution in [0.5, 0.6) is 0 Å². The molecule has 0 aromatic heterocycles. The van der Waals surface area contributed by atoms with Crippen molar-refractivity contribution in [3.63, 3.8) is 0 Å². The van der Waals surface area contributed by atoms with E-state index in [2.05, 4.69) is 31.3 Å². The first-order valence-corrected chi connectivity index (χ1v) is 4.50. The van der Waals surface area contributed by atoms with Crippen molar-refractivity contribution in [3.8, 4) is 0 Å². The van der Waals surface area contributed by atoms with Crippen LogP contribution in [0.15, 0.2) is 0 Å². The smallest absolute Gasteiger partial charge is 0.0348 e. The first-order valence-electron chi connectivity index (χ1n) is 3.54. The Hall–Kier alpha value is 0.650. The van der Waals surface area contributed by atoms with E-state index >= 15 is 0 Å².